The van der Waals surface area contributed by atoms with E-state index in [1.54, 1.807) is 0 Å². The molecule has 0 saturated carbocycles. The third kappa shape index (κ3) is 1.91. The molecule has 0 aromatic heterocycles. The summed E-state index contributed by atoms with van der Waals surface area (Å²) in [7, 11) is 0. The van der Waals surface area contributed by atoms with Crippen LogP contribution in [0, 0.1) is 0 Å². The quantitative estimate of drug-likeness (QED) is 0.522. The van der Waals surface area contributed by atoms with Crippen LogP contribution in [0.15, 0.2) is 0 Å². The van der Waals surface area contributed by atoms with Gasteiger partial charge in [0.05, 0.1) is 6.10 Å². The van der Waals surface area contributed by atoms with Gasteiger partial charge < -0.3 is 9.84 Å². The molecule has 0 aromatic rings. The summed E-state index contributed by atoms with van der Waals surface area (Å²) in [5, 5.41) is 8.90. The van der Waals surface area contributed by atoms with E-state index in [1.807, 2.05) is 0 Å². The van der Waals surface area contributed by atoms with Gasteiger partial charge in [0.2, 0.25) is 0 Å². The first kappa shape index (κ1) is 6.96. The van der Waals surface area contributed by atoms with Crippen molar-refractivity contribution in [1.29, 1.82) is 0 Å². The van der Waals surface area contributed by atoms with Gasteiger partial charge in [-0.05, 0) is 6.42 Å². The average Bonchev–Trinajstić information content (AvgIpc) is 1.99. The number of hydrogen-bond acceptors (Lipinski definition) is 2. The summed E-state index contributed by atoms with van der Waals surface area (Å²) in [5.74, 6) is 0. The van der Waals surface area contributed by atoms with Crippen molar-refractivity contribution >= 4 is 0 Å². The van der Waals surface area contributed by atoms with E-state index < -0.39 is 12.3 Å². The smallest absolute Gasteiger partial charge is 0.128 e. The molecule has 2 nitrogen and oxygen atoms in total. The van der Waals surface area contributed by atoms with Crippen molar-refractivity contribution in [3.8, 4) is 0 Å². The lowest BCUT2D eigenvalue weighted by molar-refractivity contribution is 0.0740. The van der Waals surface area contributed by atoms with Crippen LogP contribution in [-0.4, -0.2) is 30.6 Å². The summed E-state index contributed by atoms with van der Waals surface area (Å²) in [6.45, 7) is 0.930. The minimum atomic E-state index is -1.08. The fourth-order valence-electron chi connectivity index (χ4n) is 0.875. The predicted molar refractivity (Wildman–Crippen MR) is 31.0 cm³/mol. The highest BCUT2D eigenvalue weighted by Crippen LogP contribution is 2.11. The van der Waals surface area contributed by atoms with Gasteiger partial charge in [-0.2, -0.15) is 0 Å². The maximum absolute atomic E-state index is 12.5. The zero-order chi connectivity index (χ0) is 6.69. The number of rotatable bonds is 0. The van der Waals surface area contributed by atoms with Gasteiger partial charge in [-0.25, -0.2) is 4.39 Å². The van der Waals surface area contributed by atoms with E-state index >= 15 is 0 Å². The highest BCUT2D eigenvalue weighted by atomic mass is 19.1. The molecule has 1 rings (SSSR count). The molecule has 9 heavy (non-hydrogen) atoms. The Kier molecular flexibility index (Phi) is 2.42. The molecule has 0 unspecified atom stereocenters. The van der Waals surface area contributed by atoms with Crippen molar-refractivity contribution in [2.75, 3.05) is 13.2 Å². The number of aliphatic hydroxyl groups is 1. The minimum Gasteiger partial charge on any atom is -0.390 e. The van der Waals surface area contributed by atoms with Crippen LogP contribution >= 0.6 is 0 Å². The van der Waals surface area contributed by atoms with Crippen LogP contribution in [0.4, 0.5) is 4.39 Å². The number of aliphatic hydroxyl groups excluding tert-OH is 1. The summed E-state index contributed by atoms with van der Waals surface area (Å²) in [4.78, 5) is 0. The number of halogens is 1. The molecule has 1 heterocycles. The molecule has 0 aliphatic carbocycles. The Labute approximate surface area is 53.6 Å². The van der Waals surface area contributed by atoms with Gasteiger partial charge in [-0.3, -0.25) is 0 Å². The fourth-order valence-corrected chi connectivity index (χ4v) is 0.875. The van der Waals surface area contributed by atoms with Crippen LogP contribution in [0.2, 0.25) is 0 Å². The van der Waals surface area contributed by atoms with Gasteiger partial charge in [0.1, 0.15) is 6.17 Å². The lowest BCUT2D eigenvalue weighted by Gasteiger charge is -2.08. The minimum absolute atomic E-state index is 0.334. The molecule has 0 radical (unpaired) electrons. The van der Waals surface area contributed by atoms with E-state index in [0.717, 1.165) is 0 Å². The molecular formula is C6H11FO2. The second-order valence-corrected chi connectivity index (χ2v) is 2.27. The molecule has 54 valence electrons. The molecule has 1 saturated heterocycles. The Morgan fingerprint density at radius 2 is 2.00 bits per heavy atom. The zero-order valence-electron chi connectivity index (χ0n) is 5.22. The van der Waals surface area contributed by atoms with Gasteiger partial charge in [-0.1, -0.05) is 0 Å². The van der Waals surface area contributed by atoms with E-state index in [9.17, 15) is 4.39 Å². The topological polar surface area (TPSA) is 29.5 Å². The normalized spacial score (nSPS) is 38.0. The molecule has 0 bridgehead atoms. The standard InChI is InChI=1S/C6H11FO2/c7-5-1-3-9-4-2-6(5)8/h5-6,8H,1-4H2/t5-,6-/m0/s1. The summed E-state index contributed by atoms with van der Waals surface area (Å²) in [6.07, 6.45) is -1.11. The first-order valence-corrected chi connectivity index (χ1v) is 3.20. The van der Waals surface area contributed by atoms with Crippen molar-refractivity contribution in [3.63, 3.8) is 0 Å². The van der Waals surface area contributed by atoms with Crippen LogP contribution < -0.4 is 0 Å². The summed E-state index contributed by atoms with van der Waals surface area (Å²) < 4.78 is 17.4. The Bertz CT molecular complexity index is 77.1. The van der Waals surface area contributed by atoms with E-state index in [4.69, 9.17) is 9.84 Å². The molecule has 1 aliphatic rings. The molecule has 0 amide bonds. The Hall–Kier alpha value is -0.150. The van der Waals surface area contributed by atoms with E-state index in [0.29, 0.717) is 26.1 Å². The fraction of sp³-hybridized carbons (Fsp3) is 1.00. The molecule has 2 atom stereocenters. The lowest BCUT2D eigenvalue weighted by Crippen LogP contribution is -2.20. The third-order valence-electron chi connectivity index (χ3n) is 1.51. The van der Waals surface area contributed by atoms with Gasteiger partial charge in [0.25, 0.3) is 0 Å². The third-order valence-corrected chi connectivity index (χ3v) is 1.51. The van der Waals surface area contributed by atoms with Crippen molar-refractivity contribution in [1.82, 2.24) is 0 Å². The summed E-state index contributed by atoms with van der Waals surface area (Å²) in [5.41, 5.74) is 0. The van der Waals surface area contributed by atoms with Crippen LogP contribution in [-0.2, 0) is 4.74 Å². The Morgan fingerprint density at radius 3 is 2.78 bits per heavy atom. The monoisotopic (exact) mass is 134 g/mol. The van der Waals surface area contributed by atoms with E-state index in [1.165, 1.54) is 0 Å². The molecule has 3 heteroatoms. The van der Waals surface area contributed by atoms with Crippen LogP contribution in [0.5, 0.6) is 0 Å². The second-order valence-electron chi connectivity index (χ2n) is 2.27. The zero-order valence-corrected chi connectivity index (χ0v) is 5.22. The Morgan fingerprint density at radius 1 is 1.33 bits per heavy atom. The second kappa shape index (κ2) is 3.13. The number of alkyl halides is 1. The molecular weight excluding hydrogens is 123 g/mol. The molecule has 1 fully saturated rings. The highest BCUT2D eigenvalue weighted by molar-refractivity contribution is 4.69. The average molecular weight is 134 g/mol. The van der Waals surface area contributed by atoms with E-state index in [-0.39, 0.29) is 0 Å². The number of ether oxygens (including phenoxy) is 1. The van der Waals surface area contributed by atoms with Gasteiger partial charge in [-0.15, -0.1) is 0 Å². The largest absolute Gasteiger partial charge is 0.390 e. The van der Waals surface area contributed by atoms with Gasteiger partial charge >= 0.3 is 0 Å². The molecule has 1 N–H and O–H groups in total. The highest BCUT2D eigenvalue weighted by Gasteiger charge is 2.20. The van der Waals surface area contributed by atoms with Crippen molar-refractivity contribution in [2.45, 2.75) is 25.1 Å². The van der Waals surface area contributed by atoms with Crippen molar-refractivity contribution in [3.05, 3.63) is 0 Å². The molecule has 1 aliphatic heterocycles. The maximum atomic E-state index is 12.5. The van der Waals surface area contributed by atoms with Gasteiger partial charge in [0, 0.05) is 19.6 Å². The summed E-state index contributed by atoms with van der Waals surface area (Å²) in [6, 6.07) is 0. The maximum Gasteiger partial charge on any atom is 0.128 e. The van der Waals surface area contributed by atoms with Gasteiger partial charge in [0.15, 0.2) is 0 Å². The van der Waals surface area contributed by atoms with Crippen LogP contribution in [0.1, 0.15) is 12.8 Å². The van der Waals surface area contributed by atoms with Crippen LogP contribution in [0.3, 0.4) is 0 Å². The first-order chi connectivity index (χ1) is 4.30. The predicted octanol–water partition coefficient (Wildman–Crippen LogP) is 0.496. The molecule has 0 spiro atoms. The van der Waals surface area contributed by atoms with Crippen LogP contribution in [0.25, 0.3) is 0 Å². The van der Waals surface area contributed by atoms with E-state index in [2.05, 4.69) is 0 Å². The van der Waals surface area contributed by atoms with Crippen molar-refractivity contribution in [2.24, 2.45) is 0 Å². The SMILES string of the molecule is O[C@H]1CCOCC[C@@H]1F. The Balaban J connectivity index is 2.32. The number of hydrogen-bond donors (Lipinski definition) is 1. The van der Waals surface area contributed by atoms with Crippen molar-refractivity contribution < 1.29 is 14.2 Å². The summed E-state index contributed by atoms with van der Waals surface area (Å²) >= 11 is 0. The lowest BCUT2D eigenvalue weighted by atomic mass is 10.1. The molecule has 0 aromatic carbocycles. The first-order valence-electron chi connectivity index (χ1n) is 3.20.